The molecule has 0 aliphatic carbocycles. The van der Waals surface area contributed by atoms with Crippen molar-refractivity contribution in [3.63, 3.8) is 0 Å². The molecule has 1 saturated heterocycles. The van der Waals surface area contributed by atoms with Crippen LogP contribution in [0.15, 0.2) is 18.2 Å². The van der Waals surface area contributed by atoms with Crippen molar-refractivity contribution in [3.8, 4) is 0 Å². The smallest absolute Gasteiger partial charge is 0.233 e. The lowest BCUT2D eigenvalue weighted by atomic mass is 10.3. The largest absolute Gasteiger partial charge is 0.341 e. The number of aromatic nitrogens is 3. The molecule has 2 aromatic rings. The molecule has 0 saturated carbocycles. The van der Waals surface area contributed by atoms with Crippen LogP contribution in [0.1, 0.15) is 12.8 Å². The van der Waals surface area contributed by atoms with E-state index in [0.717, 1.165) is 25.9 Å². The predicted octanol–water partition coefficient (Wildman–Crippen LogP) is 3.66. The maximum Gasteiger partial charge on any atom is 0.233 e. The number of nitrogens with one attached hydrogen (secondary N) is 1. The fourth-order valence-electron chi connectivity index (χ4n) is 2.17. The Hall–Kier alpha value is -1.66. The van der Waals surface area contributed by atoms with E-state index in [9.17, 15) is 4.39 Å². The molecule has 5 nitrogen and oxygen atoms in total. The molecule has 3 rings (SSSR count). The lowest BCUT2D eigenvalue weighted by Crippen LogP contribution is -2.21. The Labute approximate surface area is 131 Å². The van der Waals surface area contributed by atoms with Crippen molar-refractivity contribution < 1.29 is 4.39 Å². The fraction of sp³-hybridized carbons (Fsp3) is 0.308. The molecule has 0 amide bonds. The molecule has 0 spiro atoms. The SMILES string of the molecule is Fc1ccc(Cl)c(Nc2nc(Cl)nc(N3CCCC3)n2)c1. The van der Waals surface area contributed by atoms with Crippen molar-refractivity contribution >= 4 is 40.8 Å². The third-order valence-electron chi connectivity index (χ3n) is 3.16. The summed E-state index contributed by atoms with van der Waals surface area (Å²) in [7, 11) is 0. The van der Waals surface area contributed by atoms with Gasteiger partial charge in [-0.25, -0.2) is 4.39 Å². The van der Waals surface area contributed by atoms with Gasteiger partial charge in [0.1, 0.15) is 5.82 Å². The van der Waals surface area contributed by atoms with Gasteiger partial charge in [0.15, 0.2) is 0 Å². The zero-order valence-corrected chi connectivity index (χ0v) is 12.5. The molecular formula is C13H12Cl2FN5. The molecule has 1 aromatic heterocycles. The molecule has 1 aliphatic rings. The summed E-state index contributed by atoms with van der Waals surface area (Å²) < 4.78 is 13.3. The van der Waals surface area contributed by atoms with Crippen LogP contribution in [-0.2, 0) is 0 Å². The van der Waals surface area contributed by atoms with Crippen LogP contribution in [0.25, 0.3) is 0 Å². The summed E-state index contributed by atoms with van der Waals surface area (Å²) in [5, 5.41) is 3.33. The molecule has 8 heteroatoms. The molecule has 1 aromatic carbocycles. The van der Waals surface area contributed by atoms with Crippen molar-refractivity contribution in [1.82, 2.24) is 15.0 Å². The molecule has 0 unspecified atom stereocenters. The van der Waals surface area contributed by atoms with E-state index in [2.05, 4.69) is 20.3 Å². The molecule has 0 radical (unpaired) electrons. The van der Waals surface area contributed by atoms with Gasteiger partial charge in [0.25, 0.3) is 0 Å². The number of benzene rings is 1. The van der Waals surface area contributed by atoms with Crippen molar-refractivity contribution in [1.29, 1.82) is 0 Å². The average molecular weight is 328 g/mol. The summed E-state index contributed by atoms with van der Waals surface area (Å²) >= 11 is 11.9. The minimum absolute atomic E-state index is 0.0851. The highest BCUT2D eigenvalue weighted by molar-refractivity contribution is 6.33. The van der Waals surface area contributed by atoms with Gasteiger partial charge in [0.05, 0.1) is 10.7 Å². The van der Waals surface area contributed by atoms with E-state index in [0.29, 0.717) is 16.7 Å². The minimum Gasteiger partial charge on any atom is -0.341 e. The standard InChI is InChI=1S/C13H12Cl2FN5/c14-9-4-3-8(16)7-10(9)17-12-18-11(15)19-13(20-12)21-5-1-2-6-21/h3-4,7H,1-2,5-6H2,(H,17,18,19,20). The number of halogens is 3. The van der Waals surface area contributed by atoms with Gasteiger partial charge in [-0.15, -0.1) is 0 Å². The van der Waals surface area contributed by atoms with Gasteiger partial charge in [-0.2, -0.15) is 15.0 Å². The van der Waals surface area contributed by atoms with Gasteiger partial charge < -0.3 is 10.2 Å². The second-order valence-corrected chi connectivity index (χ2v) is 5.42. The van der Waals surface area contributed by atoms with E-state index in [-0.39, 0.29) is 11.2 Å². The van der Waals surface area contributed by atoms with Gasteiger partial charge in [0, 0.05) is 13.1 Å². The molecule has 1 N–H and O–H groups in total. The predicted molar refractivity (Wildman–Crippen MR) is 81.0 cm³/mol. The molecule has 110 valence electrons. The van der Waals surface area contributed by atoms with Crippen LogP contribution >= 0.6 is 23.2 Å². The fourth-order valence-corrected chi connectivity index (χ4v) is 2.49. The molecule has 0 atom stereocenters. The normalized spacial score (nSPS) is 14.5. The molecule has 0 bridgehead atoms. The first-order valence-electron chi connectivity index (χ1n) is 6.50. The molecule has 2 heterocycles. The van der Waals surface area contributed by atoms with Crippen LogP contribution in [0.5, 0.6) is 0 Å². The van der Waals surface area contributed by atoms with E-state index >= 15 is 0 Å². The monoisotopic (exact) mass is 327 g/mol. The maximum atomic E-state index is 13.3. The summed E-state index contributed by atoms with van der Waals surface area (Å²) in [6, 6.07) is 4.02. The molecule has 1 fully saturated rings. The highest BCUT2D eigenvalue weighted by atomic mass is 35.5. The summed E-state index contributed by atoms with van der Waals surface area (Å²) in [5.74, 6) is 0.355. The van der Waals surface area contributed by atoms with Crippen molar-refractivity contribution in [2.45, 2.75) is 12.8 Å². The highest BCUT2D eigenvalue weighted by Crippen LogP contribution is 2.26. The van der Waals surface area contributed by atoms with E-state index in [1.165, 1.54) is 18.2 Å². The highest BCUT2D eigenvalue weighted by Gasteiger charge is 2.17. The average Bonchev–Trinajstić information content (AvgIpc) is 2.96. The Bertz CT molecular complexity index is 661. The second-order valence-electron chi connectivity index (χ2n) is 4.67. The Balaban J connectivity index is 1.89. The van der Waals surface area contributed by atoms with Crippen molar-refractivity contribution in [2.24, 2.45) is 0 Å². The molecular weight excluding hydrogens is 316 g/mol. The number of nitrogens with zero attached hydrogens (tertiary/aromatic N) is 4. The van der Waals surface area contributed by atoms with Crippen LogP contribution in [0, 0.1) is 5.82 Å². The lowest BCUT2D eigenvalue weighted by Gasteiger charge is -2.16. The van der Waals surface area contributed by atoms with Crippen LogP contribution in [0.3, 0.4) is 0 Å². The summed E-state index contributed by atoms with van der Waals surface area (Å²) in [5.41, 5.74) is 0.381. The van der Waals surface area contributed by atoms with Crippen molar-refractivity contribution in [2.75, 3.05) is 23.3 Å². The third-order valence-corrected chi connectivity index (χ3v) is 3.66. The van der Waals surface area contributed by atoms with Crippen LogP contribution in [-0.4, -0.2) is 28.0 Å². The van der Waals surface area contributed by atoms with Crippen LogP contribution in [0.4, 0.5) is 22.0 Å². The second kappa shape index (κ2) is 5.99. The van der Waals surface area contributed by atoms with E-state index in [1.807, 2.05) is 4.90 Å². The van der Waals surface area contributed by atoms with Gasteiger partial charge in [-0.05, 0) is 42.6 Å². The van der Waals surface area contributed by atoms with Gasteiger partial charge in [0.2, 0.25) is 17.2 Å². The first-order valence-corrected chi connectivity index (χ1v) is 7.26. The Morgan fingerprint density at radius 1 is 1.10 bits per heavy atom. The Kier molecular flexibility index (Phi) is 4.07. The molecule has 21 heavy (non-hydrogen) atoms. The lowest BCUT2D eigenvalue weighted by molar-refractivity contribution is 0.628. The van der Waals surface area contributed by atoms with E-state index in [1.54, 1.807) is 0 Å². The first kappa shape index (κ1) is 14.3. The van der Waals surface area contributed by atoms with Crippen molar-refractivity contribution in [3.05, 3.63) is 34.3 Å². The van der Waals surface area contributed by atoms with Crippen LogP contribution < -0.4 is 10.2 Å². The zero-order valence-electron chi connectivity index (χ0n) is 11.0. The van der Waals surface area contributed by atoms with E-state index in [4.69, 9.17) is 23.2 Å². The number of rotatable bonds is 3. The first-order chi connectivity index (χ1) is 10.1. The summed E-state index contributed by atoms with van der Waals surface area (Å²) in [6.45, 7) is 1.78. The summed E-state index contributed by atoms with van der Waals surface area (Å²) in [4.78, 5) is 14.5. The Morgan fingerprint density at radius 3 is 2.62 bits per heavy atom. The minimum atomic E-state index is -0.401. The summed E-state index contributed by atoms with van der Waals surface area (Å²) in [6.07, 6.45) is 2.20. The topological polar surface area (TPSA) is 53.9 Å². The number of anilines is 3. The number of hydrogen-bond acceptors (Lipinski definition) is 5. The quantitative estimate of drug-likeness (QED) is 0.932. The Morgan fingerprint density at radius 2 is 1.86 bits per heavy atom. The zero-order chi connectivity index (χ0) is 14.8. The maximum absolute atomic E-state index is 13.3. The molecule has 1 aliphatic heterocycles. The third kappa shape index (κ3) is 3.33. The number of hydrogen-bond donors (Lipinski definition) is 1. The van der Waals surface area contributed by atoms with Gasteiger partial charge in [-0.1, -0.05) is 11.6 Å². The van der Waals surface area contributed by atoms with E-state index < -0.39 is 5.82 Å². The van der Waals surface area contributed by atoms with Crippen LogP contribution in [0.2, 0.25) is 10.3 Å². The van der Waals surface area contributed by atoms with Gasteiger partial charge >= 0.3 is 0 Å². The van der Waals surface area contributed by atoms with Gasteiger partial charge in [-0.3, -0.25) is 0 Å².